The molecule has 1 aromatic carbocycles. The monoisotopic (exact) mass is 226 g/mol. The third kappa shape index (κ3) is 4.84. The van der Waals surface area contributed by atoms with Crippen molar-refractivity contribution in [1.82, 2.24) is 0 Å². The van der Waals surface area contributed by atoms with Crippen LogP contribution in [0.3, 0.4) is 0 Å². The molecule has 0 aliphatic carbocycles. The molecule has 15 heavy (non-hydrogen) atoms. The number of carbonyl (C=O) groups is 1. The van der Waals surface area contributed by atoms with Crippen LogP contribution in [0.15, 0.2) is 24.3 Å². The molecule has 3 heteroatoms. The first-order valence-corrected chi connectivity index (χ1v) is 5.50. The second-order valence-electron chi connectivity index (χ2n) is 3.29. The summed E-state index contributed by atoms with van der Waals surface area (Å²) in [6.07, 6.45) is 2.19. The van der Waals surface area contributed by atoms with Crippen LogP contribution in [0, 0.1) is 0 Å². The highest BCUT2D eigenvalue weighted by Crippen LogP contribution is 2.11. The number of rotatable bonds is 5. The average Bonchev–Trinajstić information content (AvgIpc) is 2.21. The molecular weight excluding hydrogens is 212 g/mol. The highest BCUT2D eigenvalue weighted by molar-refractivity contribution is 6.30. The van der Waals surface area contributed by atoms with Crippen LogP contribution in [-0.2, 0) is 16.0 Å². The zero-order valence-electron chi connectivity index (χ0n) is 8.83. The maximum atomic E-state index is 11.0. The molecule has 1 aromatic rings. The molecule has 0 N–H and O–H groups in total. The number of ether oxygens (including phenoxy) is 1. The van der Waals surface area contributed by atoms with Gasteiger partial charge in [0.2, 0.25) is 0 Å². The SMILES string of the molecule is CCOC(=O)CCCc1ccc(Cl)cc1. The van der Waals surface area contributed by atoms with Crippen molar-refractivity contribution in [1.29, 1.82) is 0 Å². The molecule has 0 bridgehead atoms. The molecule has 0 radical (unpaired) electrons. The van der Waals surface area contributed by atoms with Gasteiger partial charge in [-0.25, -0.2) is 0 Å². The van der Waals surface area contributed by atoms with E-state index in [4.69, 9.17) is 16.3 Å². The number of carbonyl (C=O) groups excluding carboxylic acids is 1. The average molecular weight is 227 g/mol. The van der Waals surface area contributed by atoms with Gasteiger partial charge in [0, 0.05) is 11.4 Å². The van der Waals surface area contributed by atoms with Crippen molar-refractivity contribution >= 4 is 17.6 Å². The fourth-order valence-corrected chi connectivity index (χ4v) is 1.45. The Labute approximate surface area is 95.2 Å². The summed E-state index contributed by atoms with van der Waals surface area (Å²) in [5.74, 6) is -0.119. The van der Waals surface area contributed by atoms with Crippen LogP contribution in [0.2, 0.25) is 5.02 Å². The predicted molar refractivity (Wildman–Crippen MR) is 61.0 cm³/mol. The highest BCUT2D eigenvalue weighted by atomic mass is 35.5. The van der Waals surface area contributed by atoms with Crippen LogP contribution in [-0.4, -0.2) is 12.6 Å². The number of esters is 1. The van der Waals surface area contributed by atoms with Crippen molar-refractivity contribution in [2.24, 2.45) is 0 Å². The summed E-state index contributed by atoms with van der Waals surface area (Å²) >= 11 is 5.76. The molecule has 0 unspecified atom stereocenters. The smallest absolute Gasteiger partial charge is 0.305 e. The lowest BCUT2D eigenvalue weighted by Crippen LogP contribution is -2.03. The van der Waals surface area contributed by atoms with Crippen LogP contribution in [0.1, 0.15) is 25.3 Å². The Morgan fingerprint density at radius 3 is 2.60 bits per heavy atom. The van der Waals surface area contributed by atoms with Crippen LogP contribution >= 0.6 is 11.6 Å². The van der Waals surface area contributed by atoms with Gasteiger partial charge in [0.1, 0.15) is 0 Å². The summed E-state index contributed by atoms with van der Waals surface area (Å²) in [6.45, 7) is 2.27. The first-order valence-electron chi connectivity index (χ1n) is 5.12. The summed E-state index contributed by atoms with van der Waals surface area (Å²) in [6, 6.07) is 7.68. The standard InChI is InChI=1S/C12H15ClO2/c1-2-15-12(14)5-3-4-10-6-8-11(13)9-7-10/h6-9H,2-5H2,1H3. The number of hydrogen-bond donors (Lipinski definition) is 0. The summed E-state index contributed by atoms with van der Waals surface area (Å²) in [7, 11) is 0. The first-order chi connectivity index (χ1) is 7.22. The number of halogens is 1. The normalized spacial score (nSPS) is 10.0. The predicted octanol–water partition coefficient (Wildman–Crippen LogP) is 3.23. The third-order valence-electron chi connectivity index (χ3n) is 2.06. The van der Waals surface area contributed by atoms with E-state index in [9.17, 15) is 4.79 Å². The van der Waals surface area contributed by atoms with Crippen molar-refractivity contribution in [2.45, 2.75) is 26.2 Å². The van der Waals surface area contributed by atoms with Crippen molar-refractivity contribution in [3.63, 3.8) is 0 Å². The number of benzene rings is 1. The molecule has 0 fully saturated rings. The summed E-state index contributed by atoms with van der Waals surface area (Å²) < 4.78 is 4.84. The molecule has 0 saturated carbocycles. The van der Waals surface area contributed by atoms with Gasteiger partial charge in [-0.05, 0) is 37.5 Å². The van der Waals surface area contributed by atoms with Crippen LogP contribution < -0.4 is 0 Å². The number of hydrogen-bond acceptors (Lipinski definition) is 2. The highest BCUT2D eigenvalue weighted by Gasteiger charge is 2.01. The Morgan fingerprint density at radius 2 is 2.00 bits per heavy atom. The van der Waals surface area contributed by atoms with Crippen LogP contribution in [0.25, 0.3) is 0 Å². The van der Waals surface area contributed by atoms with Gasteiger partial charge in [-0.3, -0.25) is 4.79 Å². The first kappa shape index (κ1) is 12.1. The maximum Gasteiger partial charge on any atom is 0.305 e. The van der Waals surface area contributed by atoms with Gasteiger partial charge in [-0.2, -0.15) is 0 Å². The molecule has 82 valence electrons. The zero-order valence-corrected chi connectivity index (χ0v) is 9.59. The molecule has 0 aliphatic heterocycles. The van der Waals surface area contributed by atoms with Gasteiger partial charge in [0.15, 0.2) is 0 Å². The minimum Gasteiger partial charge on any atom is -0.466 e. The van der Waals surface area contributed by atoms with Gasteiger partial charge in [-0.1, -0.05) is 23.7 Å². The molecule has 0 aliphatic rings. The molecule has 0 amide bonds. The summed E-state index contributed by atoms with van der Waals surface area (Å²) in [5.41, 5.74) is 1.20. The molecule has 0 saturated heterocycles. The summed E-state index contributed by atoms with van der Waals surface area (Å²) in [5, 5.41) is 0.740. The largest absolute Gasteiger partial charge is 0.466 e. The fraction of sp³-hybridized carbons (Fsp3) is 0.417. The lowest BCUT2D eigenvalue weighted by molar-refractivity contribution is -0.143. The molecule has 0 aromatic heterocycles. The van der Waals surface area contributed by atoms with Gasteiger partial charge in [-0.15, -0.1) is 0 Å². The van der Waals surface area contributed by atoms with Crippen molar-refractivity contribution in [3.8, 4) is 0 Å². The molecular formula is C12H15ClO2. The quantitative estimate of drug-likeness (QED) is 0.721. The second-order valence-corrected chi connectivity index (χ2v) is 3.72. The van der Waals surface area contributed by atoms with E-state index in [0.29, 0.717) is 13.0 Å². The second kappa shape index (κ2) is 6.46. The van der Waals surface area contributed by atoms with Gasteiger partial charge in [0.05, 0.1) is 6.61 Å². The van der Waals surface area contributed by atoms with Crippen molar-refractivity contribution in [2.75, 3.05) is 6.61 Å². The van der Waals surface area contributed by atoms with E-state index in [1.807, 2.05) is 31.2 Å². The zero-order chi connectivity index (χ0) is 11.1. The molecule has 1 rings (SSSR count). The van der Waals surface area contributed by atoms with Gasteiger partial charge < -0.3 is 4.74 Å². The Balaban J connectivity index is 2.26. The Morgan fingerprint density at radius 1 is 1.33 bits per heavy atom. The third-order valence-corrected chi connectivity index (χ3v) is 2.32. The van der Waals surface area contributed by atoms with Crippen LogP contribution in [0.4, 0.5) is 0 Å². The Bertz CT molecular complexity index is 306. The minimum absolute atomic E-state index is 0.119. The van der Waals surface area contributed by atoms with E-state index in [1.165, 1.54) is 5.56 Å². The van der Waals surface area contributed by atoms with Gasteiger partial charge >= 0.3 is 5.97 Å². The minimum atomic E-state index is -0.119. The molecule has 0 atom stereocenters. The lowest BCUT2D eigenvalue weighted by Gasteiger charge is -2.02. The van der Waals surface area contributed by atoms with Crippen molar-refractivity contribution in [3.05, 3.63) is 34.9 Å². The van der Waals surface area contributed by atoms with Gasteiger partial charge in [0.25, 0.3) is 0 Å². The number of aryl methyl sites for hydroxylation is 1. The molecule has 2 nitrogen and oxygen atoms in total. The summed E-state index contributed by atoms with van der Waals surface area (Å²) in [4.78, 5) is 11.0. The molecule has 0 heterocycles. The Kier molecular flexibility index (Phi) is 5.19. The Hall–Kier alpha value is -1.02. The van der Waals surface area contributed by atoms with E-state index in [2.05, 4.69) is 0 Å². The van der Waals surface area contributed by atoms with Crippen molar-refractivity contribution < 1.29 is 9.53 Å². The van der Waals surface area contributed by atoms with E-state index in [0.717, 1.165) is 17.9 Å². The fourth-order valence-electron chi connectivity index (χ4n) is 1.32. The van der Waals surface area contributed by atoms with E-state index in [1.54, 1.807) is 0 Å². The van der Waals surface area contributed by atoms with E-state index >= 15 is 0 Å². The van der Waals surface area contributed by atoms with E-state index < -0.39 is 0 Å². The molecule has 0 spiro atoms. The topological polar surface area (TPSA) is 26.3 Å². The lowest BCUT2D eigenvalue weighted by atomic mass is 10.1. The van der Waals surface area contributed by atoms with Crippen LogP contribution in [0.5, 0.6) is 0 Å². The van der Waals surface area contributed by atoms with E-state index in [-0.39, 0.29) is 5.97 Å². The maximum absolute atomic E-state index is 11.0.